The number of carbonyl (C=O) groups is 2. The molecule has 118 valence electrons. The number of hydrogen-bond acceptors (Lipinski definition) is 4. The molecule has 4 heteroatoms. The van der Waals surface area contributed by atoms with Crippen molar-refractivity contribution in [1.82, 2.24) is 0 Å². The van der Waals surface area contributed by atoms with Crippen LogP contribution in [0, 0.1) is 0 Å². The molecule has 0 aliphatic rings. The molecule has 2 aromatic carbocycles. The zero-order valence-electron chi connectivity index (χ0n) is 13.1. The molecule has 0 N–H and O–H groups in total. The van der Waals surface area contributed by atoms with Gasteiger partial charge >= 0.3 is 5.97 Å². The Kier molecular flexibility index (Phi) is 5.69. The summed E-state index contributed by atoms with van der Waals surface area (Å²) in [5, 5.41) is 0. The summed E-state index contributed by atoms with van der Waals surface area (Å²) < 4.78 is 10.1. The summed E-state index contributed by atoms with van der Waals surface area (Å²) in [5.74, 6) is -0.363. The number of benzene rings is 2. The van der Waals surface area contributed by atoms with Crippen molar-refractivity contribution < 1.29 is 19.1 Å². The van der Waals surface area contributed by atoms with Gasteiger partial charge in [-0.3, -0.25) is 4.79 Å². The Morgan fingerprint density at radius 1 is 1.00 bits per heavy atom. The number of carbonyl (C=O) groups excluding carboxylic acids is 2. The van der Waals surface area contributed by atoms with Crippen LogP contribution in [0.15, 0.2) is 60.2 Å². The van der Waals surface area contributed by atoms with Crippen LogP contribution < -0.4 is 4.74 Å². The maximum atomic E-state index is 12.7. The highest BCUT2D eigenvalue weighted by molar-refractivity contribution is 6.26. The highest BCUT2D eigenvalue weighted by Crippen LogP contribution is 2.17. The molecular weight excluding hydrogens is 292 g/mol. The highest BCUT2D eigenvalue weighted by Gasteiger charge is 2.21. The van der Waals surface area contributed by atoms with Crippen LogP contribution in [0.25, 0.3) is 6.08 Å². The molecule has 0 radical (unpaired) electrons. The summed E-state index contributed by atoms with van der Waals surface area (Å²) in [5.41, 5.74) is 1.17. The summed E-state index contributed by atoms with van der Waals surface area (Å²) in [6.07, 6.45) is 1.55. The maximum Gasteiger partial charge on any atom is 0.342 e. The van der Waals surface area contributed by atoms with Gasteiger partial charge in [0.2, 0.25) is 0 Å². The molecular formula is C19H18O4. The summed E-state index contributed by atoms with van der Waals surface area (Å²) >= 11 is 0. The van der Waals surface area contributed by atoms with E-state index in [2.05, 4.69) is 0 Å². The lowest BCUT2D eigenvalue weighted by atomic mass is 10.0. The van der Waals surface area contributed by atoms with Gasteiger partial charge in [-0.25, -0.2) is 4.79 Å². The van der Waals surface area contributed by atoms with Gasteiger partial charge in [0.1, 0.15) is 11.3 Å². The Morgan fingerprint density at radius 2 is 1.65 bits per heavy atom. The van der Waals surface area contributed by atoms with Crippen molar-refractivity contribution in [2.24, 2.45) is 0 Å². The van der Waals surface area contributed by atoms with E-state index in [-0.39, 0.29) is 18.0 Å². The standard InChI is InChI=1S/C19H18O4/c1-3-23-19(21)17(13-14-7-5-4-6-8-14)18(20)15-9-11-16(22-2)12-10-15/h4-13H,3H2,1-2H3. The van der Waals surface area contributed by atoms with Crippen LogP contribution in [-0.2, 0) is 9.53 Å². The van der Waals surface area contributed by atoms with E-state index in [1.807, 2.05) is 30.3 Å². The van der Waals surface area contributed by atoms with Gasteiger partial charge in [0.25, 0.3) is 0 Å². The van der Waals surface area contributed by atoms with Crippen molar-refractivity contribution in [3.63, 3.8) is 0 Å². The molecule has 2 aromatic rings. The molecule has 0 heterocycles. The van der Waals surface area contributed by atoms with Crippen LogP contribution in [0.1, 0.15) is 22.8 Å². The van der Waals surface area contributed by atoms with E-state index in [4.69, 9.17) is 9.47 Å². The Labute approximate surface area is 135 Å². The molecule has 2 rings (SSSR count). The highest BCUT2D eigenvalue weighted by atomic mass is 16.5. The van der Waals surface area contributed by atoms with Crippen molar-refractivity contribution in [2.75, 3.05) is 13.7 Å². The minimum Gasteiger partial charge on any atom is -0.497 e. The van der Waals surface area contributed by atoms with Gasteiger partial charge in [0.05, 0.1) is 13.7 Å². The van der Waals surface area contributed by atoms with Gasteiger partial charge in [-0.1, -0.05) is 30.3 Å². The third-order valence-electron chi connectivity index (χ3n) is 3.20. The van der Waals surface area contributed by atoms with Crippen molar-refractivity contribution in [3.8, 4) is 5.75 Å². The maximum absolute atomic E-state index is 12.7. The zero-order valence-corrected chi connectivity index (χ0v) is 13.1. The molecule has 0 aliphatic carbocycles. The third kappa shape index (κ3) is 4.30. The molecule has 0 saturated carbocycles. The predicted octanol–water partition coefficient (Wildman–Crippen LogP) is 3.52. The van der Waals surface area contributed by atoms with Crippen LogP contribution >= 0.6 is 0 Å². The Hall–Kier alpha value is -2.88. The summed E-state index contributed by atoms with van der Waals surface area (Å²) in [6.45, 7) is 1.91. The number of esters is 1. The molecule has 0 fully saturated rings. The molecule has 23 heavy (non-hydrogen) atoms. The smallest absolute Gasteiger partial charge is 0.342 e. The number of ketones is 1. The molecule has 0 bridgehead atoms. The van der Waals surface area contributed by atoms with Crippen LogP contribution in [-0.4, -0.2) is 25.5 Å². The third-order valence-corrected chi connectivity index (χ3v) is 3.20. The Bertz CT molecular complexity index is 700. The molecule has 0 unspecified atom stereocenters. The topological polar surface area (TPSA) is 52.6 Å². The first kappa shape index (κ1) is 16.5. The van der Waals surface area contributed by atoms with E-state index in [9.17, 15) is 9.59 Å². The number of Topliss-reactive ketones (excluding diaryl/α,β-unsaturated/α-hetero) is 1. The van der Waals surface area contributed by atoms with E-state index in [0.717, 1.165) is 5.56 Å². The molecule has 0 aliphatic heterocycles. The minimum atomic E-state index is -0.628. The van der Waals surface area contributed by atoms with Crippen molar-refractivity contribution >= 4 is 17.8 Å². The lowest BCUT2D eigenvalue weighted by Gasteiger charge is -2.07. The molecule has 4 nitrogen and oxygen atoms in total. The quantitative estimate of drug-likeness (QED) is 0.269. The normalized spacial score (nSPS) is 11.0. The van der Waals surface area contributed by atoms with Gasteiger partial charge in [0.15, 0.2) is 5.78 Å². The first-order valence-electron chi connectivity index (χ1n) is 7.28. The van der Waals surface area contributed by atoms with Crippen molar-refractivity contribution in [1.29, 1.82) is 0 Å². The lowest BCUT2D eigenvalue weighted by molar-refractivity contribution is -0.137. The molecule has 0 aromatic heterocycles. The van der Waals surface area contributed by atoms with E-state index in [1.165, 1.54) is 0 Å². The van der Waals surface area contributed by atoms with Gasteiger partial charge < -0.3 is 9.47 Å². The number of methoxy groups -OCH3 is 1. The van der Waals surface area contributed by atoms with Gasteiger partial charge in [-0.15, -0.1) is 0 Å². The number of rotatable bonds is 6. The average Bonchev–Trinajstić information content (AvgIpc) is 2.60. The summed E-state index contributed by atoms with van der Waals surface area (Å²) in [4.78, 5) is 24.8. The second-order valence-electron chi connectivity index (χ2n) is 4.75. The van der Waals surface area contributed by atoms with E-state index < -0.39 is 5.97 Å². The van der Waals surface area contributed by atoms with E-state index in [1.54, 1.807) is 44.4 Å². The Balaban J connectivity index is 2.38. The van der Waals surface area contributed by atoms with Gasteiger partial charge in [0, 0.05) is 5.56 Å². The van der Waals surface area contributed by atoms with Crippen LogP contribution in [0.3, 0.4) is 0 Å². The fraction of sp³-hybridized carbons (Fsp3) is 0.158. The van der Waals surface area contributed by atoms with Crippen molar-refractivity contribution in [2.45, 2.75) is 6.92 Å². The minimum absolute atomic E-state index is 0.00298. The number of hydrogen-bond donors (Lipinski definition) is 0. The monoisotopic (exact) mass is 310 g/mol. The average molecular weight is 310 g/mol. The summed E-state index contributed by atoms with van der Waals surface area (Å²) in [6, 6.07) is 15.8. The van der Waals surface area contributed by atoms with Gasteiger partial charge in [-0.05, 0) is 42.8 Å². The van der Waals surface area contributed by atoms with E-state index >= 15 is 0 Å². The molecule has 0 spiro atoms. The summed E-state index contributed by atoms with van der Waals surface area (Å²) in [7, 11) is 1.55. The first-order chi connectivity index (χ1) is 11.2. The van der Waals surface area contributed by atoms with Crippen LogP contribution in [0.2, 0.25) is 0 Å². The van der Waals surface area contributed by atoms with Crippen LogP contribution in [0.5, 0.6) is 5.75 Å². The van der Waals surface area contributed by atoms with Crippen molar-refractivity contribution in [3.05, 3.63) is 71.3 Å². The second-order valence-corrected chi connectivity index (χ2v) is 4.75. The second kappa shape index (κ2) is 7.94. The first-order valence-corrected chi connectivity index (χ1v) is 7.28. The SMILES string of the molecule is CCOC(=O)C(=Cc1ccccc1)C(=O)c1ccc(OC)cc1. The largest absolute Gasteiger partial charge is 0.497 e. The predicted molar refractivity (Wildman–Crippen MR) is 88.4 cm³/mol. The molecule has 0 saturated heterocycles. The lowest BCUT2D eigenvalue weighted by Crippen LogP contribution is -2.16. The fourth-order valence-electron chi connectivity index (χ4n) is 2.04. The van der Waals surface area contributed by atoms with Crippen LogP contribution in [0.4, 0.5) is 0 Å². The zero-order chi connectivity index (χ0) is 16.7. The van der Waals surface area contributed by atoms with E-state index in [0.29, 0.717) is 11.3 Å². The number of ether oxygens (including phenoxy) is 2. The molecule has 0 atom stereocenters. The van der Waals surface area contributed by atoms with Gasteiger partial charge in [-0.2, -0.15) is 0 Å². The Morgan fingerprint density at radius 3 is 2.22 bits per heavy atom. The fourth-order valence-corrected chi connectivity index (χ4v) is 2.04. The molecule has 0 amide bonds.